The summed E-state index contributed by atoms with van der Waals surface area (Å²) in [5.74, 6) is -0.163. The van der Waals surface area contributed by atoms with Crippen LogP contribution in [0.1, 0.15) is 12.5 Å². The number of amides is 1. The Morgan fingerprint density at radius 2 is 1.72 bits per heavy atom. The molecule has 1 atom stereocenters. The zero-order chi connectivity index (χ0) is 18.6. The molecule has 0 saturated heterocycles. The Kier molecular flexibility index (Phi) is 7.47. The first-order valence-electron chi connectivity index (χ1n) is 7.60. The summed E-state index contributed by atoms with van der Waals surface area (Å²) in [5, 5.41) is 3.85. The van der Waals surface area contributed by atoms with E-state index in [-0.39, 0.29) is 11.9 Å². The molecule has 1 N–H and O–H groups in total. The fourth-order valence-electron chi connectivity index (χ4n) is 2.21. The van der Waals surface area contributed by atoms with E-state index in [9.17, 15) is 4.79 Å². The van der Waals surface area contributed by atoms with Gasteiger partial charge in [0.1, 0.15) is 0 Å². The summed E-state index contributed by atoms with van der Waals surface area (Å²) >= 11 is 19.7. The Labute approximate surface area is 167 Å². The average molecular weight is 418 g/mol. The predicted molar refractivity (Wildman–Crippen MR) is 109 cm³/mol. The van der Waals surface area contributed by atoms with E-state index in [1.165, 1.54) is 11.0 Å². The molecule has 2 aromatic carbocycles. The van der Waals surface area contributed by atoms with Gasteiger partial charge in [0.15, 0.2) is 0 Å². The lowest BCUT2D eigenvalue weighted by atomic mass is 10.2. The molecule has 0 aliphatic rings. The van der Waals surface area contributed by atoms with Gasteiger partial charge in [0.05, 0.1) is 26.8 Å². The standard InChI is InChI=1S/C18H19Cl3N2OS/c1-11(23(2)10-12-4-6-13(25-3)7-5-12)18(24)22-17-9-15(20)14(19)8-16(17)21/h4-9,11H,10H2,1-3H3,(H,22,24)/t11-/m1/s1. The van der Waals surface area contributed by atoms with Crippen molar-refractivity contribution < 1.29 is 4.79 Å². The summed E-state index contributed by atoms with van der Waals surface area (Å²) in [4.78, 5) is 15.7. The molecule has 0 aliphatic heterocycles. The zero-order valence-electron chi connectivity index (χ0n) is 14.1. The first kappa shape index (κ1) is 20.4. The van der Waals surface area contributed by atoms with Gasteiger partial charge in [-0.15, -0.1) is 11.8 Å². The van der Waals surface area contributed by atoms with Gasteiger partial charge >= 0.3 is 0 Å². The molecule has 1 amide bonds. The Balaban J connectivity index is 2.02. The van der Waals surface area contributed by atoms with E-state index in [4.69, 9.17) is 34.8 Å². The van der Waals surface area contributed by atoms with Crippen LogP contribution in [0.25, 0.3) is 0 Å². The fraction of sp³-hybridized carbons (Fsp3) is 0.278. The number of thioether (sulfide) groups is 1. The Morgan fingerprint density at radius 3 is 2.32 bits per heavy atom. The van der Waals surface area contributed by atoms with Gasteiger partial charge in [-0.3, -0.25) is 9.69 Å². The lowest BCUT2D eigenvalue weighted by Crippen LogP contribution is -2.39. The lowest BCUT2D eigenvalue weighted by molar-refractivity contribution is -0.120. The number of halogens is 3. The van der Waals surface area contributed by atoms with Crippen molar-refractivity contribution in [3.8, 4) is 0 Å². The van der Waals surface area contributed by atoms with Crippen molar-refractivity contribution in [3.63, 3.8) is 0 Å². The molecule has 0 unspecified atom stereocenters. The normalized spacial score (nSPS) is 12.3. The van der Waals surface area contributed by atoms with Gasteiger partial charge in [-0.1, -0.05) is 46.9 Å². The molecule has 0 saturated carbocycles. The second-order valence-electron chi connectivity index (χ2n) is 5.67. The molecule has 0 spiro atoms. The van der Waals surface area contributed by atoms with E-state index in [2.05, 4.69) is 29.6 Å². The Morgan fingerprint density at radius 1 is 1.12 bits per heavy atom. The monoisotopic (exact) mass is 416 g/mol. The van der Waals surface area contributed by atoms with Crippen LogP contribution in [-0.2, 0) is 11.3 Å². The second kappa shape index (κ2) is 9.15. The van der Waals surface area contributed by atoms with E-state index < -0.39 is 0 Å². The number of carbonyl (C=O) groups is 1. The van der Waals surface area contributed by atoms with Crippen LogP contribution in [0.4, 0.5) is 5.69 Å². The van der Waals surface area contributed by atoms with Gasteiger partial charge in [-0.05, 0) is 50.1 Å². The number of hydrogen-bond acceptors (Lipinski definition) is 3. The molecular formula is C18H19Cl3N2OS. The molecule has 3 nitrogen and oxygen atoms in total. The average Bonchev–Trinajstić information content (AvgIpc) is 2.59. The summed E-state index contributed by atoms with van der Waals surface area (Å²) in [5.41, 5.74) is 1.60. The van der Waals surface area contributed by atoms with Crippen molar-refractivity contribution in [3.05, 3.63) is 57.0 Å². The molecular weight excluding hydrogens is 399 g/mol. The van der Waals surface area contributed by atoms with E-state index in [1.54, 1.807) is 17.8 Å². The van der Waals surface area contributed by atoms with Gasteiger partial charge in [-0.2, -0.15) is 0 Å². The van der Waals surface area contributed by atoms with Gasteiger partial charge in [-0.25, -0.2) is 0 Å². The van der Waals surface area contributed by atoms with Gasteiger partial charge < -0.3 is 5.32 Å². The van der Waals surface area contributed by atoms with E-state index in [0.29, 0.717) is 27.3 Å². The molecule has 0 aromatic heterocycles. The minimum atomic E-state index is -0.342. The number of nitrogens with one attached hydrogen (secondary N) is 1. The number of hydrogen-bond donors (Lipinski definition) is 1. The van der Waals surface area contributed by atoms with E-state index in [1.807, 2.05) is 25.1 Å². The second-order valence-corrected chi connectivity index (χ2v) is 7.78. The molecule has 0 bridgehead atoms. The quantitative estimate of drug-likeness (QED) is 0.474. The Bertz CT molecular complexity index is 753. The number of benzene rings is 2. The minimum absolute atomic E-state index is 0.163. The first-order chi connectivity index (χ1) is 11.8. The van der Waals surface area contributed by atoms with Crippen LogP contribution < -0.4 is 5.32 Å². The van der Waals surface area contributed by atoms with Gasteiger partial charge in [0.25, 0.3) is 0 Å². The maximum absolute atomic E-state index is 12.5. The highest BCUT2D eigenvalue weighted by atomic mass is 35.5. The van der Waals surface area contributed by atoms with Crippen LogP contribution >= 0.6 is 46.6 Å². The van der Waals surface area contributed by atoms with Gasteiger partial charge in [0, 0.05) is 11.4 Å². The zero-order valence-corrected chi connectivity index (χ0v) is 17.2. The number of carbonyl (C=O) groups excluding carboxylic acids is 1. The Hall–Kier alpha value is -0.910. The predicted octanol–water partition coefficient (Wildman–Crippen LogP) is 5.83. The van der Waals surface area contributed by atoms with Gasteiger partial charge in [0.2, 0.25) is 5.91 Å². The molecule has 2 aromatic rings. The smallest absolute Gasteiger partial charge is 0.241 e. The molecule has 0 heterocycles. The van der Waals surface area contributed by atoms with Crippen molar-refractivity contribution in [2.45, 2.75) is 24.4 Å². The third-order valence-electron chi connectivity index (χ3n) is 3.90. The molecule has 25 heavy (non-hydrogen) atoms. The van der Waals surface area contributed by atoms with Crippen molar-refractivity contribution in [1.29, 1.82) is 0 Å². The number of anilines is 1. The maximum atomic E-state index is 12.5. The summed E-state index contributed by atoms with van der Waals surface area (Å²) in [6.07, 6.45) is 2.04. The first-order valence-corrected chi connectivity index (χ1v) is 9.96. The van der Waals surface area contributed by atoms with Crippen molar-refractivity contribution >= 4 is 58.2 Å². The third-order valence-corrected chi connectivity index (χ3v) is 5.68. The number of likely N-dealkylation sites (N-methyl/N-ethyl adjacent to an activating group) is 1. The summed E-state index contributed by atoms with van der Waals surface area (Å²) in [7, 11) is 1.91. The fourth-order valence-corrected chi connectivity index (χ4v) is 3.21. The van der Waals surface area contributed by atoms with Crippen LogP contribution in [0.15, 0.2) is 41.3 Å². The van der Waals surface area contributed by atoms with E-state index >= 15 is 0 Å². The maximum Gasteiger partial charge on any atom is 0.241 e. The van der Waals surface area contributed by atoms with Crippen molar-refractivity contribution in [2.24, 2.45) is 0 Å². The summed E-state index contributed by atoms with van der Waals surface area (Å²) in [6.45, 7) is 2.51. The van der Waals surface area contributed by atoms with Crippen LogP contribution in [-0.4, -0.2) is 30.2 Å². The van der Waals surface area contributed by atoms with Crippen LogP contribution in [0.5, 0.6) is 0 Å². The van der Waals surface area contributed by atoms with Crippen molar-refractivity contribution in [1.82, 2.24) is 4.90 Å². The van der Waals surface area contributed by atoms with Crippen molar-refractivity contribution in [2.75, 3.05) is 18.6 Å². The summed E-state index contributed by atoms with van der Waals surface area (Å²) < 4.78 is 0. The number of rotatable bonds is 6. The largest absolute Gasteiger partial charge is 0.323 e. The molecule has 7 heteroatoms. The van der Waals surface area contributed by atoms with Crippen LogP contribution in [0.2, 0.25) is 15.1 Å². The highest BCUT2D eigenvalue weighted by Gasteiger charge is 2.19. The number of nitrogens with zero attached hydrogens (tertiary/aromatic N) is 1. The molecule has 134 valence electrons. The third kappa shape index (κ3) is 5.53. The van der Waals surface area contributed by atoms with E-state index in [0.717, 1.165) is 5.56 Å². The topological polar surface area (TPSA) is 32.3 Å². The summed E-state index contributed by atoms with van der Waals surface area (Å²) in [6, 6.07) is 11.0. The van der Waals surface area contributed by atoms with Crippen LogP contribution in [0, 0.1) is 0 Å². The molecule has 0 aliphatic carbocycles. The highest BCUT2D eigenvalue weighted by Crippen LogP contribution is 2.32. The minimum Gasteiger partial charge on any atom is -0.323 e. The highest BCUT2D eigenvalue weighted by molar-refractivity contribution is 7.98. The molecule has 2 rings (SSSR count). The molecule has 0 fully saturated rings. The SMILES string of the molecule is CSc1ccc(CN(C)[C@H](C)C(=O)Nc2cc(Cl)c(Cl)cc2Cl)cc1. The lowest BCUT2D eigenvalue weighted by Gasteiger charge is -2.24. The molecule has 0 radical (unpaired) electrons. The van der Waals surface area contributed by atoms with Crippen LogP contribution in [0.3, 0.4) is 0 Å².